The molecule has 0 amide bonds. The maximum absolute atomic E-state index is 11.7. The summed E-state index contributed by atoms with van der Waals surface area (Å²) in [5.74, 6) is 0. The number of rotatable bonds is 4. The lowest BCUT2D eigenvalue weighted by molar-refractivity contribution is 0.866. The molecule has 0 saturated carbocycles. The molecule has 0 aliphatic carbocycles. The molecule has 0 unspecified atom stereocenters. The van der Waals surface area contributed by atoms with Gasteiger partial charge >= 0.3 is 0 Å². The van der Waals surface area contributed by atoms with Gasteiger partial charge in [0, 0.05) is 36.8 Å². The topological polar surface area (TPSA) is 25.2 Å². The molecule has 3 rings (SSSR count). The smallest absolute Gasteiger partial charge is 0.250 e. The van der Waals surface area contributed by atoms with Gasteiger partial charge in [0.2, 0.25) is 0 Å². The van der Waals surface area contributed by atoms with Gasteiger partial charge in [0.1, 0.15) is 0 Å². The van der Waals surface area contributed by atoms with Crippen LogP contribution in [0.5, 0.6) is 0 Å². The SMILES string of the molecule is CCN(CC)c1ccc(-c2cc3c(ccc(=O)n3C)s2)cc1. The summed E-state index contributed by atoms with van der Waals surface area (Å²) in [6.45, 7) is 6.37. The molecule has 4 heteroatoms. The highest BCUT2D eigenvalue weighted by molar-refractivity contribution is 7.22. The molecule has 0 spiro atoms. The van der Waals surface area contributed by atoms with Gasteiger partial charge in [-0.2, -0.15) is 0 Å². The van der Waals surface area contributed by atoms with Crippen LogP contribution in [-0.2, 0) is 7.05 Å². The van der Waals surface area contributed by atoms with Gasteiger partial charge in [-0.15, -0.1) is 11.3 Å². The molecule has 2 heterocycles. The molecule has 0 bridgehead atoms. The lowest BCUT2D eigenvalue weighted by Crippen LogP contribution is -2.21. The Morgan fingerprint density at radius 1 is 1.05 bits per heavy atom. The number of hydrogen-bond donors (Lipinski definition) is 0. The summed E-state index contributed by atoms with van der Waals surface area (Å²) < 4.78 is 2.85. The van der Waals surface area contributed by atoms with Crippen LogP contribution in [0.3, 0.4) is 0 Å². The predicted molar refractivity (Wildman–Crippen MR) is 96.1 cm³/mol. The molecule has 0 saturated heterocycles. The maximum atomic E-state index is 11.7. The Bertz CT molecular complexity index is 842. The van der Waals surface area contributed by atoms with Crippen molar-refractivity contribution < 1.29 is 0 Å². The zero-order chi connectivity index (χ0) is 15.7. The van der Waals surface area contributed by atoms with E-state index in [1.165, 1.54) is 16.1 Å². The second-order valence-electron chi connectivity index (χ2n) is 5.31. The normalized spacial score (nSPS) is 11.0. The Balaban J connectivity index is 2.01. The summed E-state index contributed by atoms with van der Waals surface area (Å²) in [5.41, 5.74) is 3.49. The van der Waals surface area contributed by atoms with E-state index in [9.17, 15) is 4.79 Å². The molecule has 0 radical (unpaired) electrons. The van der Waals surface area contributed by atoms with Crippen molar-refractivity contribution in [3.05, 3.63) is 52.8 Å². The number of hydrogen-bond acceptors (Lipinski definition) is 3. The van der Waals surface area contributed by atoms with Crippen LogP contribution in [0.4, 0.5) is 5.69 Å². The highest BCUT2D eigenvalue weighted by atomic mass is 32.1. The Kier molecular flexibility index (Phi) is 4.03. The van der Waals surface area contributed by atoms with Gasteiger partial charge in [0.05, 0.1) is 10.2 Å². The Morgan fingerprint density at radius 3 is 2.36 bits per heavy atom. The minimum Gasteiger partial charge on any atom is -0.372 e. The average Bonchev–Trinajstić information content (AvgIpc) is 2.98. The molecule has 0 atom stereocenters. The highest BCUT2D eigenvalue weighted by Gasteiger charge is 2.08. The minimum absolute atomic E-state index is 0.0359. The van der Waals surface area contributed by atoms with E-state index < -0.39 is 0 Å². The van der Waals surface area contributed by atoms with Crippen molar-refractivity contribution in [2.75, 3.05) is 18.0 Å². The molecular weight excluding hydrogens is 292 g/mol. The van der Waals surface area contributed by atoms with Crippen LogP contribution in [0.25, 0.3) is 20.7 Å². The van der Waals surface area contributed by atoms with Crippen LogP contribution in [0.1, 0.15) is 13.8 Å². The molecule has 3 nitrogen and oxygen atoms in total. The van der Waals surface area contributed by atoms with Crippen LogP contribution in [0.15, 0.2) is 47.3 Å². The third-order valence-corrected chi connectivity index (χ3v) is 5.23. The fourth-order valence-electron chi connectivity index (χ4n) is 2.72. The molecule has 0 N–H and O–H groups in total. The fourth-order valence-corrected chi connectivity index (χ4v) is 3.82. The van der Waals surface area contributed by atoms with E-state index >= 15 is 0 Å². The number of anilines is 1. The number of thiophene rings is 1. The van der Waals surface area contributed by atoms with Crippen LogP contribution in [0.2, 0.25) is 0 Å². The van der Waals surface area contributed by atoms with E-state index in [1.54, 1.807) is 22.0 Å². The molecule has 0 fully saturated rings. The maximum Gasteiger partial charge on any atom is 0.250 e. The summed E-state index contributed by atoms with van der Waals surface area (Å²) >= 11 is 1.73. The molecule has 1 aromatic carbocycles. The summed E-state index contributed by atoms with van der Waals surface area (Å²) in [6, 6.07) is 14.3. The van der Waals surface area contributed by atoms with Gasteiger partial charge in [0.25, 0.3) is 5.56 Å². The summed E-state index contributed by atoms with van der Waals surface area (Å²) in [5, 5.41) is 0. The zero-order valence-electron chi connectivity index (χ0n) is 13.2. The monoisotopic (exact) mass is 312 g/mol. The number of pyridine rings is 1. The minimum atomic E-state index is 0.0359. The number of aryl methyl sites for hydroxylation is 1. The third-order valence-electron chi connectivity index (χ3n) is 4.09. The highest BCUT2D eigenvalue weighted by Crippen LogP contribution is 2.33. The van der Waals surface area contributed by atoms with E-state index in [4.69, 9.17) is 0 Å². The van der Waals surface area contributed by atoms with Crippen molar-refractivity contribution in [1.29, 1.82) is 0 Å². The lowest BCUT2D eigenvalue weighted by atomic mass is 10.1. The number of aromatic nitrogens is 1. The number of fused-ring (bicyclic) bond motifs is 1. The fraction of sp³-hybridized carbons (Fsp3) is 0.278. The van der Waals surface area contributed by atoms with Gasteiger partial charge in [0.15, 0.2) is 0 Å². The van der Waals surface area contributed by atoms with E-state index in [1.807, 2.05) is 13.1 Å². The van der Waals surface area contributed by atoms with Crippen molar-refractivity contribution in [2.24, 2.45) is 7.05 Å². The summed E-state index contributed by atoms with van der Waals surface area (Å²) in [6.07, 6.45) is 0. The Hall–Kier alpha value is -2.07. The first-order chi connectivity index (χ1) is 10.6. The lowest BCUT2D eigenvalue weighted by Gasteiger charge is -2.21. The molecule has 0 aliphatic rings. The molecule has 3 aromatic rings. The summed E-state index contributed by atoms with van der Waals surface area (Å²) in [7, 11) is 1.82. The van der Waals surface area contributed by atoms with Crippen molar-refractivity contribution in [3.63, 3.8) is 0 Å². The van der Waals surface area contributed by atoms with Crippen LogP contribution < -0.4 is 10.5 Å². The zero-order valence-corrected chi connectivity index (χ0v) is 14.0. The Labute approximate surface area is 134 Å². The largest absolute Gasteiger partial charge is 0.372 e. The van der Waals surface area contributed by atoms with Gasteiger partial charge in [-0.05, 0) is 43.7 Å². The second kappa shape index (κ2) is 5.97. The van der Waals surface area contributed by atoms with Crippen molar-refractivity contribution in [2.45, 2.75) is 13.8 Å². The van der Waals surface area contributed by atoms with E-state index in [2.05, 4.69) is 49.1 Å². The van der Waals surface area contributed by atoms with Gasteiger partial charge in [-0.25, -0.2) is 0 Å². The molecule has 114 valence electrons. The van der Waals surface area contributed by atoms with Crippen LogP contribution >= 0.6 is 11.3 Å². The summed E-state index contributed by atoms with van der Waals surface area (Å²) in [4.78, 5) is 15.3. The standard InChI is InChI=1S/C18H20N2OS/c1-4-20(5-2)14-8-6-13(7-9-14)17-12-15-16(22-17)10-11-18(21)19(15)3/h6-12H,4-5H2,1-3H3. The van der Waals surface area contributed by atoms with Crippen molar-refractivity contribution in [1.82, 2.24) is 4.57 Å². The average molecular weight is 312 g/mol. The first-order valence-electron chi connectivity index (χ1n) is 7.59. The number of nitrogens with zero attached hydrogens (tertiary/aromatic N) is 2. The van der Waals surface area contributed by atoms with Gasteiger partial charge < -0.3 is 9.47 Å². The van der Waals surface area contributed by atoms with Gasteiger partial charge in [-0.3, -0.25) is 4.79 Å². The Morgan fingerprint density at radius 2 is 1.73 bits per heavy atom. The third kappa shape index (κ3) is 2.55. The first-order valence-corrected chi connectivity index (χ1v) is 8.40. The molecular formula is C18H20N2OS. The molecule has 2 aromatic heterocycles. The van der Waals surface area contributed by atoms with E-state index in [0.717, 1.165) is 23.3 Å². The van der Waals surface area contributed by atoms with Crippen LogP contribution in [0, 0.1) is 0 Å². The van der Waals surface area contributed by atoms with Gasteiger partial charge in [-0.1, -0.05) is 12.1 Å². The molecule has 0 aliphatic heterocycles. The van der Waals surface area contributed by atoms with E-state index in [-0.39, 0.29) is 5.56 Å². The quantitative estimate of drug-likeness (QED) is 0.724. The second-order valence-corrected chi connectivity index (χ2v) is 6.39. The van der Waals surface area contributed by atoms with Crippen LogP contribution in [-0.4, -0.2) is 17.7 Å². The van der Waals surface area contributed by atoms with Crippen molar-refractivity contribution in [3.8, 4) is 10.4 Å². The van der Waals surface area contributed by atoms with Crippen molar-refractivity contribution >= 4 is 27.2 Å². The van der Waals surface area contributed by atoms with E-state index in [0.29, 0.717) is 0 Å². The molecule has 22 heavy (non-hydrogen) atoms. The predicted octanol–water partition coefficient (Wildman–Crippen LogP) is 4.11. The number of benzene rings is 1. The first kappa shape index (κ1) is 14.9.